The third-order valence-corrected chi connectivity index (χ3v) is 5.25. The SMILES string of the molecule is O=C(Cc1ccc(NC(=O)c2ccc(Br)o2)cc1)NCCN1CCCCCC1. The monoisotopic (exact) mass is 447 g/mol. The molecule has 6 nitrogen and oxygen atoms in total. The smallest absolute Gasteiger partial charge is 0.291 e. The van der Waals surface area contributed by atoms with Crippen LogP contribution >= 0.6 is 15.9 Å². The van der Waals surface area contributed by atoms with Crippen LogP contribution in [-0.2, 0) is 11.2 Å². The zero-order valence-electron chi connectivity index (χ0n) is 15.9. The lowest BCUT2D eigenvalue weighted by atomic mass is 10.1. The van der Waals surface area contributed by atoms with E-state index in [0.29, 0.717) is 23.3 Å². The van der Waals surface area contributed by atoms with Gasteiger partial charge in [0.1, 0.15) is 0 Å². The van der Waals surface area contributed by atoms with Crippen LogP contribution in [0, 0.1) is 0 Å². The van der Waals surface area contributed by atoms with Crippen molar-refractivity contribution in [3.8, 4) is 0 Å². The largest absolute Gasteiger partial charge is 0.444 e. The predicted molar refractivity (Wildman–Crippen MR) is 112 cm³/mol. The van der Waals surface area contributed by atoms with Crippen LogP contribution in [0.5, 0.6) is 0 Å². The second-order valence-corrected chi connectivity index (χ2v) is 7.82. The zero-order chi connectivity index (χ0) is 19.8. The summed E-state index contributed by atoms with van der Waals surface area (Å²) < 4.78 is 5.74. The summed E-state index contributed by atoms with van der Waals surface area (Å²) in [4.78, 5) is 26.7. The highest BCUT2D eigenvalue weighted by molar-refractivity contribution is 9.10. The summed E-state index contributed by atoms with van der Waals surface area (Å²) in [6, 6.07) is 10.5. The van der Waals surface area contributed by atoms with Crippen molar-refractivity contribution in [3.05, 3.63) is 52.4 Å². The fraction of sp³-hybridized carbons (Fsp3) is 0.429. The summed E-state index contributed by atoms with van der Waals surface area (Å²) in [5.74, 6) is -0.0588. The van der Waals surface area contributed by atoms with Gasteiger partial charge < -0.3 is 20.0 Å². The van der Waals surface area contributed by atoms with E-state index in [4.69, 9.17) is 4.42 Å². The molecule has 0 aliphatic carbocycles. The normalized spacial score (nSPS) is 15.0. The minimum Gasteiger partial charge on any atom is -0.444 e. The molecular weight excluding hydrogens is 422 g/mol. The summed E-state index contributed by atoms with van der Waals surface area (Å²) in [6.45, 7) is 3.88. The van der Waals surface area contributed by atoms with Crippen LogP contribution in [0.25, 0.3) is 0 Å². The van der Waals surface area contributed by atoms with Gasteiger partial charge in [-0.3, -0.25) is 9.59 Å². The van der Waals surface area contributed by atoms with Crippen molar-refractivity contribution in [1.29, 1.82) is 0 Å². The van der Waals surface area contributed by atoms with Gasteiger partial charge in [0.25, 0.3) is 5.91 Å². The number of halogens is 1. The number of hydrogen-bond donors (Lipinski definition) is 2. The molecule has 0 saturated carbocycles. The average molecular weight is 448 g/mol. The standard InChI is InChI=1S/C21H26BrN3O3/c22-19-10-9-18(28-19)21(27)24-17-7-5-16(6-8-17)15-20(26)23-11-14-25-12-3-1-2-4-13-25/h5-10H,1-4,11-15H2,(H,23,26)(H,24,27). The molecule has 1 aromatic carbocycles. The third-order valence-electron chi connectivity index (χ3n) is 4.82. The van der Waals surface area contributed by atoms with Crippen molar-refractivity contribution in [2.24, 2.45) is 0 Å². The van der Waals surface area contributed by atoms with Gasteiger partial charge >= 0.3 is 0 Å². The molecule has 1 fully saturated rings. The molecule has 150 valence electrons. The number of anilines is 1. The lowest BCUT2D eigenvalue weighted by Crippen LogP contribution is -2.36. The van der Waals surface area contributed by atoms with Crippen LogP contribution in [0.3, 0.4) is 0 Å². The molecule has 1 aromatic heterocycles. The predicted octanol–water partition coefficient (Wildman–Crippen LogP) is 3.83. The Hall–Kier alpha value is -2.12. The van der Waals surface area contributed by atoms with Crippen molar-refractivity contribution in [1.82, 2.24) is 10.2 Å². The van der Waals surface area contributed by atoms with Gasteiger partial charge in [0.05, 0.1) is 6.42 Å². The van der Waals surface area contributed by atoms with E-state index in [1.165, 1.54) is 25.7 Å². The molecule has 1 aliphatic rings. The maximum atomic E-state index is 12.2. The van der Waals surface area contributed by atoms with Gasteiger partial charge in [-0.1, -0.05) is 25.0 Å². The molecule has 0 unspecified atom stereocenters. The Morgan fingerprint density at radius 3 is 2.36 bits per heavy atom. The van der Waals surface area contributed by atoms with Crippen molar-refractivity contribution in [3.63, 3.8) is 0 Å². The summed E-state index contributed by atoms with van der Waals surface area (Å²) in [7, 11) is 0. The van der Waals surface area contributed by atoms with Gasteiger partial charge in [0, 0.05) is 18.8 Å². The van der Waals surface area contributed by atoms with Gasteiger partial charge in [-0.25, -0.2) is 0 Å². The Kier molecular flexibility index (Phi) is 7.68. The fourth-order valence-electron chi connectivity index (χ4n) is 3.30. The number of hydrogen-bond acceptors (Lipinski definition) is 4. The summed E-state index contributed by atoms with van der Waals surface area (Å²) in [5, 5.41) is 5.77. The maximum Gasteiger partial charge on any atom is 0.291 e. The van der Waals surface area contributed by atoms with Crippen LogP contribution in [0.1, 0.15) is 41.8 Å². The average Bonchev–Trinajstić information content (AvgIpc) is 2.95. The maximum absolute atomic E-state index is 12.2. The molecule has 0 radical (unpaired) electrons. The summed E-state index contributed by atoms with van der Waals surface area (Å²) >= 11 is 3.17. The van der Waals surface area contributed by atoms with Crippen LogP contribution in [0.4, 0.5) is 5.69 Å². The second kappa shape index (κ2) is 10.4. The van der Waals surface area contributed by atoms with E-state index in [-0.39, 0.29) is 17.6 Å². The molecule has 0 bridgehead atoms. The van der Waals surface area contributed by atoms with Crippen LogP contribution in [0.2, 0.25) is 0 Å². The number of rotatable bonds is 7. The van der Waals surface area contributed by atoms with E-state index in [1.54, 1.807) is 24.3 Å². The fourth-order valence-corrected chi connectivity index (χ4v) is 3.60. The molecular formula is C21H26BrN3O3. The summed E-state index contributed by atoms with van der Waals surface area (Å²) in [6.07, 6.45) is 5.48. The first-order chi connectivity index (χ1) is 13.6. The Labute approximate surface area is 173 Å². The topological polar surface area (TPSA) is 74.6 Å². The Bertz CT molecular complexity index is 780. The van der Waals surface area contributed by atoms with E-state index in [9.17, 15) is 9.59 Å². The first kappa shape index (κ1) is 20.6. The molecule has 2 N–H and O–H groups in total. The van der Waals surface area contributed by atoms with Gasteiger partial charge in [0.15, 0.2) is 10.4 Å². The second-order valence-electron chi connectivity index (χ2n) is 7.04. The van der Waals surface area contributed by atoms with Crippen molar-refractivity contribution in [2.45, 2.75) is 32.1 Å². The molecule has 2 aromatic rings. The number of nitrogens with zero attached hydrogens (tertiary/aromatic N) is 1. The van der Waals surface area contributed by atoms with Crippen molar-refractivity contribution in [2.75, 3.05) is 31.5 Å². The van der Waals surface area contributed by atoms with Crippen LogP contribution in [0.15, 0.2) is 45.5 Å². The van der Waals surface area contributed by atoms with Crippen molar-refractivity contribution >= 4 is 33.4 Å². The van der Waals surface area contributed by atoms with E-state index in [0.717, 1.165) is 25.2 Å². The van der Waals surface area contributed by atoms with Gasteiger partial charge in [0.2, 0.25) is 5.91 Å². The van der Waals surface area contributed by atoms with Gasteiger partial charge in [-0.05, 0) is 71.7 Å². The number of likely N-dealkylation sites (tertiary alicyclic amines) is 1. The first-order valence-electron chi connectivity index (χ1n) is 9.75. The highest BCUT2D eigenvalue weighted by atomic mass is 79.9. The minimum absolute atomic E-state index is 0.0204. The van der Waals surface area contributed by atoms with E-state index < -0.39 is 0 Å². The Balaban J connectivity index is 1.40. The lowest BCUT2D eigenvalue weighted by molar-refractivity contribution is -0.120. The molecule has 2 amide bonds. The number of furan rings is 1. The molecule has 1 saturated heterocycles. The number of amides is 2. The molecule has 28 heavy (non-hydrogen) atoms. The molecule has 3 rings (SSSR count). The molecule has 0 atom stereocenters. The number of benzene rings is 1. The first-order valence-corrected chi connectivity index (χ1v) is 10.5. The Morgan fingerprint density at radius 2 is 1.71 bits per heavy atom. The molecule has 7 heteroatoms. The van der Waals surface area contributed by atoms with E-state index in [2.05, 4.69) is 31.5 Å². The van der Waals surface area contributed by atoms with Gasteiger partial charge in [-0.15, -0.1) is 0 Å². The number of carbonyl (C=O) groups is 2. The van der Waals surface area contributed by atoms with Crippen LogP contribution in [-0.4, -0.2) is 42.9 Å². The van der Waals surface area contributed by atoms with Crippen molar-refractivity contribution < 1.29 is 14.0 Å². The summed E-state index contributed by atoms with van der Waals surface area (Å²) in [5.41, 5.74) is 1.56. The molecule has 0 spiro atoms. The van der Waals surface area contributed by atoms with Crippen LogP contribution < -0.4 is 10.6 Å². The van der Waals surface area contributed by atoms with Gasteiger partial charge in [-0.2, -0.15) is 0 Å². The molecule has 2 heterocycles. The number of carbonyl (C=O) groups excluding carboxylic acids is 2. The lowest BCUT2D eigenvalue weighted by Gasteiger charge is -2.19. The highest BCUT2D eigenvalue weighted by Gasteiger charge is 2.12. The molecule has 1 aliphatic heterocycles. The zero-order valence-corrected chi connectivity index (χ0v) is 17.5. The van der Waals surface area contributed by atoms with E-state index >= 15 is 0 Å². The number of nitrogens with one attached hydrogen (secondary N) is 2. The quantitative estimate of drug-likeness (QED) is 0.676. The van der Waals surface area contributed by atoms with E-state index in [1.807, 2.05) is 12.1 Å². The third kappa shape index (κ3) is 6.49. The minimum atomic E-state index is -0.315. The Morgan fingerprint density at radius 1 is 1.00 bits per heavy atom. The highest BCUT2D eigenvalue weighted by Crippen LogP contribution is 2.16.